The second kappa shape index (κ2) is 6.57. The van der Waals surface area contributed by atoms with Gasteiger partial charge in [-0.3, -0.25) is 4.79 Å². The fourth-order valence-electron chi connectivity index (χ4n) is 2.56. The van der Waals surface area contributed by atoms with Crippen LogP contribution in [0.5, 0.6) is 0 Å². The van der Waals surface area contributed by atoms with E-state index >= 15 is 0 Å². The highest BCUT2D eigenvalue weighted by atomic mass is 32.2. The lowest BCUT2D eigenvalue weighted by molar-refractivity contribution is 0.0933. The van der Waals surface area contributed by atoms with E-state index < -0.39 is 0 Å². The van der Waals surface area contributed by atoms with Crippen molar-refractivity contribution in [3.05, 3.63) is 17.1 Å². The van der Waals surface area contributed by atoms with Gasteiger partial charge in [-0.15, -0.1) is 11.8 Å². The first-order valence-corrected chi connectivity index (χ1v) is 8.48. The largest absolute Gasteiger partial charge is 0.349 e. The molecule has 0 atom stereocenters. The summed E-state index contributed by atoms with van der Waals surface area (Å²) in [7, 11) is 0. The van der Waals surface area contributed by atoms with Crippen LogP contribution in [0.25, 0.3) is 0 Å². The molecule has 0 aromatic carbocycles. The van der Waals surface area contributed by atoms with Gasteiger partial charge in [-0.1, -0.05) is 26.7 Å². The summed E-state index contributed by atoms with van der Waals surface area (Å²) >= 11 is 1.52. The Hall–Kier alpha value is -1.10. The predicted molar refractivity (Wildman–Crippen MR) is 82.4 cm³/mol. The summed E-state index contributed by atoms with van der Waals surface area (Å²) in [5.74, 6) is 1.06. The molecule has 1 heterocycles. The molecule has 0 unspecified atom stereocenters. The van der Waals surface area contributed by atoms with Crippen molar-refractivity contribution < 1.29 is 4.79 Å². The standard InChI is InChI=1S/C15H23N3OS/c1-9(2)13-16-10(3)12(15(18-13)20-4)14(19)17-11-7-5-6-8-11/h9,11H,5-8H2,1-4H3,(H,17,19). The minimum atomic E-state index is -0.0194. The molecule has 0 radical (unpaired) electrons. The number of nitrogens with one attached hydrogen (secondary N) is 1. The number of hydrogen-bond acceptors (Lipinski definition) is 4. The van der Waals surface area contributed by atoms with E-state index in [1.54, 1.807) is 0 Å². The SMILES string of the molecule is CSc1nc(C(C)C)nc(C)c1C(=O)NC1CCCC1. The van der Waals surface area contributed by atoms with Gasteiger partial charge in [0.15, 0.2) is 0 Å². The number of hydrogen-bond donors (Lipinski definition) is 1. The number of carbonyl (C=O) groups is 1. The lowest BCUT2D eigenvalue weighted by Crippen LogP contribution is -2.34. The average molecular weight is 293 g/mol. The van der Waals surface area contributed by atoms with Gasteiger partial charge < -0.3 is 5.32 Å². The molecule has 1 N–H and O–H groups in total. The molecule has 1 fully saturated rings. The van der Waals surface area contributed by atoms with Gasteiger partial charge in [-0.25, -0.2) is 9.97 Å². The third-order valence-electron chi connectivity index (χ3n) is 3.70. The summed E-state index contributed by atoms with van der Waals surface area (Å²) in [4.78, 5) is 21.5. The molecule has 4 nitrogen and oxygen atoms in total. The highest BCUT2D eigenvalue weighted by molar-refractivity contribution is 7.98. The van der Waals surface area contributed by atoms with E-state index in [2.05, 4.69) is 29.1 Å². The van der Waals surface area contributed by atoms with E-state index in [0.717, 1.165) is 29.4 Å². The van der Waals surface area contributed by atoms with Crippen LogP contribution in [-0.2, 0) is 0 Å². The maximum atomic E-state index is 12.5. The molecule has 1 aliphatic rings. The lowest BCUT2D eigenvalue weighted by atomic mass is 10.1. The highest BCUT2D eigenvalue weighted by Crippen LogP contribution is 2.24. The summed E-state index contributed by atoms with van der Waals surface area (Å²) in [6.07, 6.45) is 6.55. The molecule has 0 spiro atoms. The van der Waals surface area contributed by atoms with Crippen molar-refractivity contribution in [1.29, 1.82) is 0 Å². The van der Waals surface area contributed by atoms with Crippen molar-refractivity contribution in [3.8, 4) is 0 Å². The van der Waals surface area contributed by atoms with Crippen LogP contribution in [-0.4, -0.2) is 28.2 Å². The van der Waals surface area contributed by atoms with Crippen molar-refractivity contribution in [2.75, 3.05) is 6.26 Å². The van der Waals surface area contributed by atoms with E-state index in [4.69, 9.17) is 0 Å². The number of aryl methyl sites for hydroxylation is 1. The van der Waals surface area contributed by atoms with Gasteiger partial charge >= 0.3 is 0 Å². The Morgan fingerprint density at radius 1 is 1.30 bits per heavy atom. The molecular formula is C15H23N3OS. The zero-order valence-corrected chi connectivity index (χ0v) is 13.5. The first-order chi connectivity index (χ1) is 9.52. The van der Waals surface area contributed by atoms with Crippen LogP contribution < -0.4 is 5.32 Å². The molecule has 0 aliphatic heterocycles. The van der Waals surface area contributed by atoms with Gasteiger partial charge in [0.05, 0.1) is 11.3 Å². The Morgan fingerprint density at radius 3 is 2.50 bits per heavy atom. The van der Waals surface area contributed by atoms with Gasteiger partial charge in [0, 0.05) is 12.0 Å². The summed E-state index contributed by atoms with van der Waals surface area (Å²) in [6.45, 7) is 6.03. The second-order valence-corrected chi connectivity index (χ2v) is 6.46. The summed E-state index contributed by atoms with van der Waals surface area (Å²) in [5, 5.41) is 3.92. The summed E-state index contributed by atoms with van der Waals surface area (Å²) < 4.78 is 0. The van der Waals surface area contributed by atoms with Crippen LogP contribution in [0.4, 0.5) is 0 Å². The fraction of sp³-hybridized carbons (Fsp3) is 0.667. The molecule has 5 heteroatoms. The van der Waals surface area contributed by atoms with Crippen LogP contribution in [0, 0.1) is 6.92 Å². The van der Waals surface area contributed by atoms with Gasteiger partial charge in [-0.2, -0.15) is 0 Å². The molecule has 20 heavy (non-hydrogen) atoms. The fourth-order valence-corrected chi connectivity index (χ4v) is 3.19. The Kier molecular flexibility index (Phi) is 5.02. The molecule has 0 saturated heterocycles. The van der Waals surface area contributed by atoms with Crippen molar-refractivity contribution in [1.82, 2.24) is 15.3 Å². The molecule has 0 bridgehead atoms. The second-order valence-electron chi connectivity index (χ2n) is 5.66. The number of thioether (sulfide) groups is 1. The molecule has 1 aliphatic carbocycles. The summed E-state index contributed by atoms with van der Waals surface area (Å²) in [6, 6.07) is 0.321. The predicted octanol–water partition coefficient (Wildman–Crippen LogP) is 3.30. The number of rotatable bonds is 4. The van der Waals surface area contributed by atoms with E-state index in [9.17, 15) is 4.79 Å². The third kappa shape index (κ3) is 3.32. The molecule has 1 saturated carbocycles. The molecule has 1 aromatic rings. The quantitative estimate of drug-likeness (QED) is 0.683. The number of nitrogens with zero attached hydrogens (tertiary/aromatic N) is 2. The number of aromatic nitrogens is 2. The smallest absolute Gasteiger partial charge is 0.256 e. The van der Waals surface area contributed by atoms with Crippen molar-refractivity contribution in [3.63, 3.8) is 0 Å². The zero-order chi connectivity index (χ0) is 14.7. The van der Waals surface area contributed by atoms with E-state index in [1.807, 2.05) is 13.2 Å². The maximum absolute atomic E-state index is 12.5. The topological polar surface area (TPSA) is 54.9 Å². The van der Waals surface area contributed by atoms with Gasteiger partial charge in [0.2, 0.25) is 0 Å². The molecule has 1 aromatic heterocycles. The first kappa shape index (κ1) is 15.3. The van der Waals surface area contributed by atoms with Gasteiger partial charge in [0.25, 0.3) is 5.91 Å². The van der Waals surface area contributed by atoms with Crippen LogP contribution >= 0.6 is 11.8 Å². The minimum Gasteiger partial charge on any atom is -0.349 e. The zero-order valence-electron chi connectivity index (χ0n) is 12.7. The number of amides is 1. The van der Waals surface area contributed by atoms with E-state index in [0.29, 0.717) is 11.6 Å². The van der Waals surface area contributed by atoms with E-state index in [1.165, 1.54) is 24.6 Å². The third-order valence-corrected chi connectivity index (χ3v) is 4.38. The maximum Gasteiger partial charge on any atom is 0.256 e. The average Bonchev–Trinajstić information content (AvgIpc) is 2.90. The Morgan fingerprint density at radius 2 is 1.95 bits per heavy atom. The van der Waals surface area contributed by atoms with Crippen LogP contribution in [0.3, 0.4) is 0 Å². The normalized spacial score (nSPS) is 15.8. The Balaban J connectivity index is 2.27. The molecule has 2 rings (SSSR count). The Bertz CT molecular complexity index is 496. The van der Waals surface area contributed by atoms with Gasteiger partial charge in [-0.05, 0) is 26.0 Å². The molecule has 1 amide bonds. The van der Waals surface area contributed by atoms with Crippen LogP contribution in [0.15, 0.2) is 5.03 Å². The first-order valence-electron chi connectivity index (χ1n) is 7.26. The van der Waals surface area contributed by atoms with Crippen LogP contribution in [0.1, 0.15) is 67.3 Å². The number of carbonyl (C=O) groups excluding carboxylic acids is 1. The molecule has 110 valence electrons. The Labute approximate surface area is 125 Å². The molecular weight excluding hydrogens is 270 g/mol. The van der Waals surface area contributed by atoms with Crippen LogP contribution in [0.2, 0.25) is 0 Å². The van der Waals surface area contributed by atoms with Crippen molar-refractivity contribution >= 4 is 17.7 Å². The highest BCUT2D eigenvalue weighted by Gasteiger charge is 2.23. The summed E-state index contributed by atoms with van der Waals surface area (Å²) in [5.41, 5.74) is 1.43. The van der Waals surface area contributed by atoms with Crippen molar-refractivity contribution in [2.24, 2.45) is 0 Å². The monoisotopic (exact) mass is 293 g/mol. The van der Waals surface area contributed by atoms with E-state index in [-0.39, 0.29) is 11.8 Å². The van der Waals surface area contributed by atoms with Crippen molar-refractivity contribution in [2.45, 2.75) is 63.4 Å². The minimum absolute atomic E-state index is 0.0194. The lowest BCUT2D eigenvalue weighted by Gasteiger charge is -2.16. The van der Waals surface area contributed by atoms with Gasteiger partial charge in [0.1, 0.15) is 10.9 Å².